The monoisotopic (exact) mass is 867 g/mol. The SMILES string of the molecule is CCCCCCCCCCCCCCCCCC(=O)OCCOCCOCCOCCOCCOCCOCCOCCOCCOCCOCCOC(=O)CCCCC. The van der Waals surface area contributed by atoms with Crippen molar-refractivity contribution in [3.8, 4) is 0 Å². The first-order valence-corrected chi connectivity index (χ1v) is 23.8. The van der Waals surface area contributed by atoms with Gasteiger partial charge in [0, 0.05) is 12.8 Å². The minimum Gasteiger partial charge on any atom is -0.463 e. The second-order valence-electron chi connectivity index (χ2n) is 14.7. The van der Waals surface area contributed by atoms with E-state index in [2.05, 4.69) is 13.8 Å². The molecule has 60 heavy (non-hydrogen) atoms. The quantitative estimate of drug-likeness (QED) is 0.0429. The number of rotatable bonds is 53. The first kappa shape index (κ1) is 58.5. The van der Waals surface area contributed by atoms with Gasteiger partial charge in [-0.3, -0.25) is 9.59 Å². The van der Waals surface area contributed by atoms with E-state index in [0.717, 1.165) is 32.1 Å². The summed E-state index contributed by atoms with van der Waals surface area (Å²) in [6.07, 6.45) is 23.7. The van der Waals surface area contributed by atoms with Gasteiger partial charge in [0.2, 0.25) is 0 Å². The number of unbranched alkanes of at least 4 members (excludes halogenated alkanes) is 16. The van der Waals surface area contributed by atoms with Crippen LogP contribution in [0.1, 0.15) is 142 Å². The van der Waals surface area contributed by atoms with E-state index in [0.29, 0.717) is 145 Å². The Hall–Kier alpha value is -1.46. The Morgan fingerprint density at radius 2 is 0.400 bits per heavy atom. The zero-order valence-corrected chi connectivity index (χ0v) is 38.4. The molecule has 0 bridgehead atoms. The predicted octanol–water partition coefficient (Wildman–Crippen LogP) is 8.08. The largest absolute Gasteiger partial charge is 0.463 e. The minimum absolute atomic E-state index is 0.133. The van der Waals surface area contributed by atoms with Crippen LogP contribution in [0, 0.1) is 0 Å². The molecule has 0 saturated heterocycles. The van der Waals surface area contributed by atoms with Crippen molar-refractivity contribution in [2.45, 2.75) is 142 Å². The fraction of sp³-hybridized carbons (Fsp3) is 0.957. The molecular weight excluding hydrogens is 776 g/mol. The van der Waals surface area contributed by atoms with Crippen molar-refractivity contribution in [1.29, 1.82) is 0 Å². The molecule has 0 aliphatic rings. The van der Waals surface area contributed by atoms with Gasteiger partial charge >= 0.3 is 11.9 Å². The molecule has 0 saturated carbocycles. The third-order valence-corrected chi connectivity index (χ3v) is 9.30. The van der Waals surface area contributed by atoms with Crippen LogP contribution in [0.2, 0.25) is 0 Å². The normalized spacial score (nSPS) is 11.4. The zero-order valence-electron chi connectivity index (χ0n) is 38.4. The number of carbonyl (C=O) groups excluding carboxylic acids is 2. The van der Waals surface area contributed by atoms with Gasteiger partial charge in [0.05, 0.1) is 132 Å². The third-order valence-electron chi connectivity index (χ3n) is 9.30. The number of esters is 2. The van der Waals surface area contributed by atoms with Gasteiger partial charge in [-0.1, -0.05) is 117 Å². The van der Waals surface area contributed by atoms with Crippen LogP contribution in [0.4, 0.5) is 0 Å². The summed E-state index contributed by atoms with van der Waals surface area (Å²) in [6.45, 7) is 14.4. The summed E-state index contributed by atoms with van der Waals surface area (Å²) in [7, 11) is 0. The molecule has 0 aliphatic carbocycles. The lowest BCUT2D eigenvalue weighted by Crippen LogP contribution is -2.16. The molecule has 0 aromatic carbocycles. The summed E-state index contributed by atoms with van der Waals surface area (Å²) in [5.74, 6) is -0.294. The van der Waals surface area contributed by atoms with E-state index in [1.54, 1.807) is 0 Å². The fourth-order valence-electron chi connectivity index (χ4n) is 5.81. The molecular formula is C46H90O14. The first-order valence-electron chi connectivity index (χ1n) is 23.8. The molecule has 0 fully saturated rings. The summed E-state index contributed by atoms with van der Waals surface area (Å²) in [4.78, 5) is 23.4. The molecule has 0 heterocycles. The predicted molar refractivity (Wildman–Crippen MR) is 234 cm³/mol. The lowest BCUT2D eigenvalue weighted by atomic mass is 10.0. The molecule has 0 N–H and O–H groups in total. The highest BCUT2D eigenvalue weighted by Gasteiger charge is 2.04. The summed E-state index contributed by atoms with van der Waals surface area (Å²) in [6, 6.07) is 0. The molecule has 0 rings (SSSR count). The maximum atomic E-state index is 11.9. The van der Waals surface area contributed by atoms with Crippen molar-refractivity contribution in [2.75, 3.05) is 145 Å². The first-order chi connectivity index (χ1) is 29.7. The molecule has 0 unspecified atom stereocenters. The highest BCUT2D eigenvalue weighted by atomic mass is 16.6. The van der Waals surface area contributed by atoms with Gasteiger partial charge in [-0.25, -0.2) is 0 Å². The van der Waals surface area contributed by atoms with Gasteiger partial charge < -0.3 is 56.8 Å². The molecule has 0 aromatic rings. The minimum atomic E-state index is -0.161. The van der Waals surface area contributed by atoms with Crippen LogP contribution in [0.3, 0.4) is 0 Å². The van der Waals surface area contributed by atoms with E-state index in [4.69, 9.17) is 56.8 Å². The van der Waals surface area contributed by atoms with Gasteiger partial charge in [-0.05, 0) is 12.8 Å². The second kappa shape index (κ2) is 53.7. The van der Waals surface area contributed by atoms with E-state index >= 15 is 0 Å². The van der Waals surface area contributed by atoms with Crippen LogP contribution in [-0.2, 0) is 66.4 Å². The third kappa shape index (κ3) is 52.7. The van der Waals surface area contributed by atoms with Gasteiger partial charge in [0.25, 0.3) is 0 Å². The van der Waals surface area contributed by atoms with E-state index in [9.17, 15) is 9.59 Å². The molecule has 14 nitrogen and oxygen atoms in total. The van der Waals surface area contributed by atoms with Crippen LogP contribution >= 0.6 is 0 Å². The van der Waals surface area contributed by atoms with Gasteiger partial charge in [0.1, 0.15) is 13.2 Å². The van der Waals surface area contributed by atoms with Crippen LogP contribution in [-0.4, -0.2) is 157 Å². The Labute approximate surface area is 365 Å². The van der Waals surface area contributed by atoms with E-state index in [-0.39, 0.29) is 25.2 Å². The number of ether oxygens (including phenoxy) is 12. The summed E-state index contributed by atoms with van der Waals surface area (Å²) in [5, 5.41) is 0. The average molecular weight is 867 g/mol. The Morgan fingerprint density at radius 3 is 0.633 bits per heavy atom. The van der Waals surface area contributed by atoms with Crippen LogP contribution in [0.25, 0.3) is 0 Å². The van der Waals surface area contributed by atoms with E-state index in [1.165, 1.54) is 83.5 Å². The van der Waals surface area contributed by atoms with E-state index in [1.807, 2.05) is 0 Å². The molecule has 0 aromatic heterocycles. The summed E-state index contributed by atoms with van der Waals surface area (Å²) < 4.78 is 65.2. The van der Waals surface area contributed by atoms with Crippen molar-refractivity contribution in [3.63, 3.8) is 0 Å². The fourth-order valence-corrected chi connectivity index (χ4v) is 5.81. The van der Waals surface area contributed by atoms with Crippen LogP contribution in [0.15, 0.2) is 0 Å². The average Bonchev–Trinajstić information content (AvgIpc) is 3.25. The van der Waals surface area contributed by atoms with E-state index < -0.39 is 0 Å². The Balaban J connectivity index is 3.14. The maximum Gasteiger partial charge on any atom is 0.305 e. The van der Waals surface area contributed by atoms with Gasteiger partial charge in [-0.15, -0.1) is 0 Å². The second-order valence-corrected chi connectivity index (χ2v) is 14.7. The van der Waals surface area contributed by atoms with Gasteiger partial charge in [-0.2, -0.15) is 0 Å². The van der Waals surface area contributed by atoms with Crippen LogP contribution in [0.5, 0.6) is 0 Å². The van der Waals surface area contributed by atoms with Crippen molar-refractivity contribution in [3.05, 3.63) is 0 Å². The van der Waals surface area contributed by atoms with Crippen molar-refractivity contribution >= 4 is 11.9 Å². The summed E-state index contributed by atoms with van der Waals surface area (Å²) >= 11 is 0. The Kier molecular flexibility index (Phi) is 52.4. The molecule has 0 aliphatic heterocycles. The topological polar surface area (TPSA) is 145 Å². The Bertz CT molecular complexity index is 837. The molecule has 0 amide bonds. The molecule has 0 radical (unpaired) electrons. The molecule has 0 spiro atoms. The zero-order chi connectivity index (χ0) is 43.3. The highest BCUT2D eigenvalue weighted by molar-refractivity contribution is 5.69. The molecule has 14 heteroatoms. The van der Waals surface area contributed by atoms with Crippen molar-refractivity contribution < 1.29 is 66.4 Å². The van der Waals surface area contributed by atoms with Crippen LogP contribution < -0.4 is 0 Å². The van der Waals surface area contributed by atoms with Crippen molar-refractivity contribution in [1.82, 2.24) is 0 Å². The number of hydrogen-bond donors (Lipinski definition) is 0. The highest BCUT2D eigenvalue weighted by Crippen LogP contribution is 2.14. The number of carbonyl (C=O) groups is 2. The molecule has 0 atom stereocenters. The Morgan fingerprint density at radius 1 is 0.233 bits per heavy atom. The maximum absolute atomic E-state index is 11.9. The number of hydrogen-bond acceptors (Lipinski definition) is 14. The lowest BCUT2D eigenvalue weighted by molar-refractivity contribution is -0.146. The molecule has 358 valence electrons. The van der Waals surface area contributed by atoms with Gasteiger partial charge in [0.15, 0.2) is 0 Å². The lowest BCUT2D eigenvalue weighted by Gasteiger charge is -2.09. The smallest absolute Gasteiger partial charge is 0.305 e. The van der Waals surface area contributed by atoms with Crippen molar-refractivity contribution in [2.24, 2.45) is 0 Å². The standard InChI is InChI=1S/C46H90O14/c1-3-5-7-8-9-10-11-12-13-14-15-16-17-18-20-22-46(48)60-44-42-58-40-38-56-36-34-54-32-30-52-28-26-50-24-23-49-25-27-51-29-31-53-33-35-55-37-39-57-41-43-59-45(47)21-19-6-4-2/h3-44H2,1-2H3. The summed E-state index contributed by atoms with van der Waals surface area (Å²) in [5.41, 5.74) is 0.